The number of carboxylic acid groups (broad SMARTS) is 1. The van der Waals surface area contributed by atoms with Crippen LogP contribution in [0.5, 0.6) is 0 Å². The first-order valence-corrected chi connectivity index (χ1v) is 7.93. The van der Waals surface area contributed by atoms with Gasteiger partial charge in [0.2, 0.25) is 11.8 Å². The number of amides is 2. The van der Waals surface area contributed by atoms with Crippen LogP contribution in [-0.4, -0.2) is 33.4 Å². The van der Waals surface area contributed by atoms with Gasteiger partial charge < -0.3 is 5.11 Å². The number of carbonyl (C=O) groups is 3. The molecule has 1 saturated heterocycles. The molecule has 2 unspecified atom stereocenters. The summed E-state index contributed by atoms with van der Waals surface area (Å²) < 4.78 is 0.927. The van der Waals surface area contributed by atoms with Gasteiger partial charge in [0.25, 0.3) is 0 Å². The molecule has 2 atom stereocenters. The first-order chi connectivity index (χ1) is 9.40. The van der Waals surface area contributed by atoms with Crippen LogP contribution in [0.2, 0.25) is 0 Å². The normalized spacial score (nSPS) is 20.3. The lowest BCUT2D eigenvalue weighted by atomic mass is 10.3. The van der Waals surface area contributed by atoms with Crippen molar-refractivity contribution < 1.29 is 19.5 Å². The molecule has 20 heavy (non-hydrogen) atoms. The summed E-state index contributed by atoms with van der Waals surface area (Å²) in [6, 6.07) is 7.10. The predicted octanol–water partition coefficient (Wildman–Crippen LogP) is 2.13. The zero-order valence-electron chi connectivity index (χ0n) is 10.6. The summed E-state index contributed by atoms with van der Waals surface area (Å²) in [6.45, 7) is 1.51. The van der Waals surface area contributed by atoms with E-state index in [1.807, 2.05) is 6.07 Å². The molecule has 1 fully saturated rings. The Balaban J connectivity index is 2.19. The molecule has 2 amide bonds. The smallest absolute Gasteiger partial charge is 0.316 e. The molecule has 0 bridgehead atoms. The minimum Gasteiger partial charge on any atom is -0.480 e. The maximum absolute atomic E-state index is 12.3. The molecule has 0 aliphatic carbocycles. The summed E-state index contributed by atoms with van der Waals surface area (Å²) in [4.78, 5) is 36.3. The van der Waals surface area contributed by atoms with E-state index < -0.39 is 16.5 Å². The van der Waals surface area contributed by atoms with Crippen molar-refractivity contribution in [2.45, 2.75) is 23.8 Å². The number of rotatable bonds is 4. The number of hydrogen-bond donors (Lipinski definition) is 1. The lowest BCUT2D eigenvalue weighted by Crippen LogP contribution is -2.32. The molecule has 1 aliphatic rings. The molecule has 0 aromatic heterocycles. The number of carboxylic acids is 1. The minimum absolute atomic E-state index is 0.0482. The van der Waals surface area contributed by atoms with Crippen LogP contribution >= 0.6 is 34.4 Å². The maximum Gasteiger partial charge on any atom is 0.316 e. The molecule has 5 nitrogen and oxygen atoms in total. The van der Waals surface area contributed by atoms with Gasteiger partial charge >= 0.3 is 5.97 Å². The average molecular weight is 405 g/mol. The number of aliphatic carboxylic acids is 1. The van der Waals surface area contributed by atoms with E-state index in [4.69, 9.17) is 5.11 Å². The topological polar surface area (TPSA) is 74.7 Å². The molecular formula is C13H12INO4S. The molecule has 1 aromatic carbocycles. The number of thioether (sulfide) groups is 1. The molecule has 0 radical (unpaired) electrons. The van der Waals surface area contributed by atoms with Gasteiger partial charge in [0.15, 0.2) is 0 Å². The SMILES string of the molecule is CC(SC1CC(=O)N(c2cccc(I)c2)C1=O)C(=O)O. The van der Waals surface area contributed by atoms with Crippen LogP contribution in [0, 0.1) is 3.57 Å². The van der Waals surface area contributed by atoms with Gasteiger partial charge in [-0.15, -0.1) is 11.8 Å². The van der Waals surface area contributed by atoms with Crippen LogP contribution in [0.1, 0.15) is 13.3 Å². The van der Waals surface area contributed by atoms with Crippen molar-refractivity contribution in [1.29, 1.82) is 0 Å². The van der Waals surface area contributed by atoms with Crippen LogP contribution in [-0.2, 0) is 14.4 Å². The highest BCUT2D eigenvalue weighted by molar-refractivity contribution is 14.1. The first-order valence-electron chi connectivity index (χ1n) is 5.91. The standard InChI is InChI=1S/C13H12INO4S/c1-7(13(18)19)20-10-6-11(16)15(12(10)17)9-4-2-3-8(14)5-9/h2-5,7,10H,6H2,1H3,(H,18,19). The van der Waals surface area contributed by atoms with Crippen molar-refractivity contribution in [3.63, 3.8) is 0 Å². The molecule has 0 saturated carbocycles. The molecule has 7 heteroatoms. The summed E-state index contributed by atoms with van der Waals surface area (Å²) in [6.07, 6.45) is 0.0482. The van der Waals surface area contributed by atoms with Crippen LogP contribution in [0.4, 0.5) is 5.69 Å². The Morgan fingerprint density at radius 3 is 2.80 bits per heavy atom. The molecule has 2 rings (SSSR count). The fraction of sp³-hybridized carbons (Fsp3) is 0.308. The maximum atomic E-state index is 12.3. The Hall–Kier alpha value is -1.09. The number of imide groups is 1. The third-order valence-electron chi connectivity index (χ3n) is 2.89. The number of anilines is 1. The number of halogens is 1. The predicted molar refractivity (Wildman–Crippen MR) is 84.7 cm³/mol. The van der Waals surface area contributed by atoms with E-state index in [0.717, 1.165) is 20.2 Å². The summed E-state index contributed by atoms with van der Waals surface area (Å²) >= 11 is 3.12. The molecule has 1 heterocycles. The molecule has 1 aliphatic heterocycles. The van der Waals surface area contributed by atoms with E-state index in [1.54, 1.807) is 18.2 Å². The Bertz CT molecular complexity index is 577. The second kappa shape index (κ2) is 6.13. The number of benzene rings is 1. The van der Waals surface area contributed by atoms with Crippen LogP contribution < -0.4 is 4.90 Å². The lowest BCUT2D eigenvalue weighted by Gasteiger charge is -2.16. The highest BCUT2D eigenvalue weighted by Gasteiger charge is 2.41. The Labute approximate surface area is 133 Å². The Kier molecular flexibility index (Phi) is 4.69. The second-order valence-electron chi connectivity index (χ2n) is 4.36. The van der Waals surface area contributed by atoms with Gasteiger partial charge in [-0.2, -0.15) is 0 Å². The van der Waals surface area contributed by atoms with E-state index in [9.17, 15) is 14.4 Å². The fourth-order valence-electron chi connectivity index (χ4n) is 1.90. The van der Waals surface area contributed by atoms with E-state index in [-0.39, 0.29) is 18.2 Å². The highest BCUT2D eigenvalue weighted by Crippen LogP contribution is 2.32. The molecule has 0 spiro atoms. The van der Waals surface area contributed by atoms with Gasteiger partial charge in [0.05, 0.1) is 10.9 Å². The number of nitrogens with zero attached hydrogens (tertiary/aromatic N) is 1. The number of carbonyl (C=O) groups excluding carboxylic acids is 2. The van der Waals surface area contributed by atoms with Gasteiger partial charge in [-0.05, 0) is 47.7 Å². The van der Waals surface area contributed by atoms with Crippen molar-refractivity contribution in [1.82, 2.24) is 0 Å². The summed E-state index contributed by atoms with van der Waals surface area (Å²) in [5.41, 5.74) is 0.540. The number of hydrogen-bond acceptors (Lipinski definition) is 4. The van der Waals surface area contributed by atoms with E-state index >= 15 is 0 Å². The van der Waals surface area contributed by atoms with Crippen LogP contribution in [0.25, 0.3) is 0 Å². The van der Waals surface area contributed by atoms with Gasteiger partial charge in [-0.3, -0.25) is 14.4 Å². The van der Waals surface area contributed by atoms with Gasteiger partial charge in [0, 0.05) is 9.99 Å². The third kappa shape index (κ3) is 3.14. The quantitative estimate of drug-likeness (QED) is 0.614. The summed E-state index contributed by atoms with van der Waals surface area (Å²) in [7, 11) is 0. The zero-order chi connectivity index (χ0) is 14.9. The first kappa shape index (κ1) is 15.3. The van der Waals surface area contributed by atoms with E-state index in [1.165, 1.54) is 6.92 Å². The van der Waals surface area contributed by atoms with Crippen molar-refractivity contribution in [3.05, 3.63) is 27.8 Å². The van der Waals surface area contributed by atoms with Crippen molar-refractivity contribution in [2.75, 3.05) is 4.90 Å². The molecule has 106 valence electrons. The van der Waals surface area contributed by atoms with Crippen LogP contribution in [0.3, 0.4) is 0 Å². The monoisotopic (exact) mass is 405 g/mol. The highest BCUT2D eigenvalue weighted by atomic mass is 127. The van der Waals surface area contributed by atoms with Crippen molar-refractivity contribution >= 4 is 57.8 Å². The van der Waals surface area contributed by atoms with Gasteiger partial charge in [0.1, 0.15) is 5.25 Å². The summed E-state index contributed by atoms with van der Waals surface area (Å²) in [5, 5.41) is 7.55. The fourth-order valence-corrected chi connectivity index (χ4v) is 3.50. The van der Waals surface area contributed by atoms with Gasteiger partial charge in [-0.1, -0.05) is 6.07 Å². The zero-order valence-corrected chi connectivity index (χ0v) is 13.6. The molecule has 1 aromatic rings. The summed E-state index contributed by atoms with van der Waals surface area (Å²) in [5.74, 6) is -1.61. The molecular weight excluding hydrogens is 393 g/mol. The van der Waals surface area contributed by atoms with E-state index in [2.05, 4.69) is 22.6 Å². The average Bonchev–Trinajstić information content (AvgIpc) is 2.64. The third-order valence-corrected chi connectivity index (χ3v) is 4.87. The van der Waals surface area contributed by atoms with Crippen LogP contribution in [0.15, 0.2) is 24.3 Å². The second-order valence-corrected chi connectivity index (χ2v) is 7.15. The minimum atomic E-state index is -0.983. The van der Waals surface area contributed by atoms with Crippen molar-refractivity contribution in [3.8, 4) is 0 Å². The van der Waals surface area contributed by atoms with Gasteiger partial charge in [-0.25, -0.2) is 4.90 Å². The van der Waals surface area contributed by atoms with Crippen molar-refractivity contribution in [2.24, 2.45) is 0 Å². The Morgan fingerprint density at radius 2 is 2.20 bits per heavy atom. The molecule has 1 N–H and O–H groups in total. The largest absolute Gasteiger partial charge is 0.480 e. The Morgan fingerprint density at radius 1 is 1.50 bits per heavy atom. The van der Waals surface area contributed by atoms with E-state index in [0.29, 0.717) is 5.69 Å². The lowest BCUT2D eigenvalue weighted by molar-refractivity contribution is -0.136.